The number of non-ortho nitro benzene ring substituents is 1. The highest BCUT2D eigenvalue weighted by molar-refractivity contribution is 8.00. The van der Waals surface area contributed by atoms with Crippen LogP contribution in [0.25, 0.3) is 10.2 Å². The van der Waals surface area contributed by atoms with E-state index in [4.69, 9.17) is 4.74 Å². The summed E-state index contributed by atoms with van der Waals surface area (Å²) in [7, 11) is 1.43. The number of hydrogen-bond donors (Lipinski definition) is 1. The van der Waals surface area contributed by atoms with Crippen molar-refractivity contribution in [3.63, 3.8) is 0 Å². The quantitative estimate of drug-likeness (QED) is 0.296. The first-order chi connectivity index (χ1) is 12.5. The van der Waals surface area contributed by atoms with E-state index in [-0.39, 0.29) is 17.3 Å². The molecule has 2 aromatic heterocycles. The molecule has 0 aliphatic rings. The average Bonchev–Trinajstić information content (AvgIpc) is 3.11. The van der Waals surface area contributed by atoms with Crippen molar-refractivity contribution >= 4 is 50.6 Å². The molecular formula is C16H14N4O4S2. The fourth-order valence-electron chi connectivity index (χ4n) is 2.22. The second-order valence-electron chi connectivity index (χ2n) is 5.21. The van der Waals surface area contributed by atoms with Crippen LogP contribution < -0.4 is 10.1 Å². The number of methoxy groups -OCH3 is 1. The second kappa shape index (κ2) is 7.67. The Morgan fingerprint density at radius 1 is 1.38 bits per heavy atom. The zero-order valence-electron chi connectivity index (χ0n) is 13.8. The van der Waals surface area contributed by atoms with Crippen LogP contribution >= 0.6 is 23.1 Å². The molecule has 0 aliphatic heterocycles. The smallest absolute Gasteiger partial charge is 0.271 e. The Bertz CT molecular complexity index is 976. The van der Waals surface area contributed by atoms with Gasteiger partial charge in [-0.1, -0.05) is 11.8 Å². The van der Waals surface area contributed by atoms with E-state index in [9.17, 15) is 14.9 Å². The van der Waals surface area contributed by atoms with Gasteiger partial charge < -0.3 is 10.1 Å². The topological polar surface area (TPSA) is 107 Å². The normalized spacial score (nSPS) is 11.9. The summed E-state index contributed by atoms with van der Waals surface area (Å²) in [6, 6.07) is 5.96. The van der Waals surface area contributed by atoms with E-state index in [1.54, 1.807) is 6.92 Å². The lowest BCUT2D eigenvalue weighted by Gasteiger charge is -2.14. The number of hydrogen-bond acceptors (Lipinski definition) is 8. The summed E-state index contributed by atoms with van der Waals surface area (Å²) < 4.78 is 5.16. The van der Waals surface area contributed by atoms with E-state index in [0.29, 0.717) is 10.8 Å². The molecule has 0 saturated carbocycles. The minimum Gasteiger partial charge on any atom is -0.495 e. The van der Waals surface area contributed by atoms with Crippen LogP contribution in [-0.2, 0) is 4.79 Å². The maximum Gasteiger partial charge on any atom is 0.271 e. The highest BCUT2D eigenvalue weighted by atomic mass is 32.2. The number of aromatic nitrogens is 2. The number of fused-ring (bicyclic) bond motifs is 1. The molecule has 3 aromatic rings. The molecule has 134 valence electrons. The van der Waals surface area contributed by atoms with Crippen LogP contribution in [0.3, 0.4) is 0 Å². The maximum absolute atomic E-state index is 12.5. The van der Waals surface area contributed by atoms with E-state index >= 15 is 0 Å². The van der Waals surface area contributed by atoms with Crippen molar-refractivity contribution in [1.82, 2.24) is 9.97 Å². The molecule has 0 spiro atoms. The molecule has 1 N–H and O–H groups in total. The molecule has 10 heteroatoms. The molecule has 0 radical (unpaired) electrons. The SMILES string of the molecule is COc1ccc([N+](=O)[O-])cc1NC(=O)[C@@H](C)Sc1ncnc2sccc12. The molecule has 2 heterocycles. The average molecular weight is 390 g/mol. The summed E-state index contributed by atoms with van der Waals surface area (Å²) in [5, 5.41) is 16.7. The van der Waals surface area contributed by atoms with Crippen LogP contribution in [0.5, 0.6) is 5.75 Å². The Morgan fingerprint density at radius 2 is 2.19 bits per heavy atom. The van der Waals surface area contributed by atoms with Gasteiger partial charge in [-0.2, -0.15) is 0 Å². The molecule has 0 unspecified atom stereocenters. The fourth-order valence-corrected chi connectivity index (χ4v) is 3.92. The highest BCUT2D eigenvalue weighted by Gasteiger charge is 2.20. The van der Waals surface area contributed by atoms with E-state index in [2.05, 4.69) is 15.3 Å². The number of carbonyl (C=O) groups excluding carboxylic acids is 1. The lowest BCUT2D eigenvalue weighted by atomic mass is 10.2. The first kappa shape index (κ1) is 18.1. The predicted octanol–water partition coefficient (Wildman–Crippen LogP) is 3.73. The summed E-state index contributed by atoms with van der Waals surface area (Å²) in [4.78, 5) is 32.2. The van der Waals surface area contributed by atoms with Gasteiger partial charge in [-0.05, 0) is 24.4 Å². The van der Waals surface area contributed by atoms with E-state index in [1.165, 1.54) is 54.7 Å². The number of nitro groups is 1. The second-order valence-corrected chi connectivity index (χ2v) is 7.43. The summed E-state index contributed by atoms with van der Waals surface area (Å²) in [6.45, 7) is 1.74. The summed E-state index contributed by atoms with van der Waals surface area (Å²) in [5.41, 5.74) is 0.125. The van der Waals surface area contributed by atoms with Crippen molar-refractivity contribution < 1.29 is 14.5 Å². The van der Waals surface area contributed by atoms with Gasteiger partial charge in [0.1, 0.15) is 21.9 Å². The van der Waals surface area contributed by atoms with Crippen molar-refractivity contribution in [2.75, 3.05) is 12.4 Å². The van der Waals surface area contributed by atoms with Crippen molar-refractivity contribution in [3.05, 3.63) is 46.1 Å². The molecule has 1 atom stereocenters. The number of rotatable bonds is 6. The number of carbonyl (C=O) groups is 1. The van der Waals surface area contributed by atoms with Crippen LogP contribution in [0.4, 0.5) is 11.4 Å². The van der Waals surface area contributed by atoms with Gasteiger partial charge in [-0.3, -0.25) is 14.9 Å². The molecule has 1 aromatic carbocycles. The number of ether oxygens (including phenoxy) is 1. The van der Waals surface area contributed by atoms with Gasteiger partial charge in [0.15, 0.2) is 0 Å². The number of nitrogens with zero attached hydrogens (tertiary/aromatic N) is 3. The Balaban J connectivity index is 1.78. The minimum atomic E-state index is -0.526. The van der Waals surface area contributed by atoms with Crippen molar-refractivity contribution in [1.29, 1.82) is 0 Å². The molecule has 1 amide bonds. The molecule has 8 nitrogen and oxygen atoms in total. The summed E-state index contributed by atoms with van der Waals surface area (Å²) in [5.74, 6) is 0.0409. The van der Waals surface area contributed by atoms with Crippen molar-refractivity contribution in [3.8, 4) is 5.75 Å². The summed E-state index contributed by atoms with van der Waals surface area (Å²) in [6.07, 6.45) is 1.47. The molecule has 3 rings (SSSR count). The lowest BCUT2D eigenvalue weighted by molar-refractivity contribution is -0.384. The van der Waals surface area contributed by atoms with Gasteiger partial charge in [0.25, 0.3) is 5.69 Å². The number of nitrogens with one attached hydrogen (secondary N) is 1. The third-order valence-corrected chi connectivity index (χ3v) is 5.47. The molecule has 0 aliphatic carbocycles. The monoisotopic (exact) mass is 390 g/mol. The van der Waals surface area contributed by atoms with Gasteiger partial charge >= 0.3 is 0 Å². The lowest BCUT2D eigenvalue weighted by Crippen LogP contribution is -2.23. The number of amides is 1. The van der Waals surface area contributed by atoms with Gasteiger partial charge in [-0.25, -0.2) is 9.97 Å². The maximum atomic E-state index is 12.5. The Kier molecular flexibility index (Phi) is 5.33. The Hall–Kier alpha value is -2.72. The number of thiophene rings is 1. The number of anilines is 1. The van der Waals surface area contributed by atoms with Gasteiger partial charge in [-0.15, -0.1) is 11.3 Å². The standard InChI is InChI=1S/C16H14N4O4S2/c1-9(26-16-11-5-6-25-15(11)17-8-18-16)14(21)19-12-7-10(20(22)23)3-4-13(12)24-2/h3-9H,1-2H3,(H,19,21)/t9-/m1/s1. The van der Waals surface area contributed by atoms with Crippen LogP contribution in [-0.4, -0.2) is 33.2 Å². The predicted molar refractivity (Wildman–Crippen MR) is 101 cm³/mol. The van der Waals surface area contributed by atoms with Gasteiger partial charge in [0.2, 0.25) is 5.91 Å². The number of benzene rings is 1. The zero-order valence-corrected chi connectivity index (χ0v) is 15.5. The van der Waals surface area contributed by atoms with E-state index in [1.807, 2.05) is 11.4 Å². The highest BCUT2D eigenvalue weighted by Crippen LogP contribution is 2.32. The third kappa shape index (κ3) is 3.75. The van der Waals surface area contributed by atoms with Crippen molar-refractivity contribution in [2.45, 2.75) is 17.2 Å². The Labute approximate surface area is 156 Å². The fraction of sp³-hybridized carbons (Fsp3) is 0.188. The summed E-state index contributed by atoms with van der Waals surface area (Å²) >= 11 is 2.80. The molecule has 0 bridgehead atoms. The van der Waals surface area contributed by atoms with Crippen LogP contribution in [0.15, 0.2) is 41.0 Å². The van der Waals surface area contributed by atoms with Crippen LogP contribution in [0.2, 0.25) is 0 Å². The van der Waals surface area contributed by atoms with Crippen LogP contribution in [0, 0.1) is 10.1 Å². The van der Waals surface area contributed by atoms with Crippen molar-refractivity contribution in [2.24, 2.45) is 0 Å². The molecular weight excluding hydrogens is 376 g/mol. The molecule has 0 fully saturated rings. The molecule has 0 saturated heterocycles. The first-order valence-corrected chi connectivity index (χ1v) is 9.23. The number of nitro benzene ring substituents is 1. The van der Waals surface area contributed by atoms with Crippen LogP contribution in [0.1, 0.15) is 6.92 Å². The van der Waals surface area contributed by atoms with E-state index in [0.717, 1.165) is 10.2 Å². The largest absolute Gasteiger partial charge is 0.495 e. The van der Waals surface area contributed by atoms with Gasteiger partial charge in [0.05, 0.1) is 23.0 Å². The molecule has 26 heavy (non-hydrogen) atoms. The third-order valence-electron chi connectivity index (χ3n) is 3.53. The van der Waals surface area contributed by atoms with Gasteiger partial charge in [0, 0.05) is 17.5 Å². The number of thioether (sulfide) groups is 1. The zero-order chi connectivity index (χ0) is 18.7. The first-order valence-electron chi connectivity index (χ1n) is 7.47. The Morgan fingerprint density at radius 3 is 2.92 bits per heavy atom. The minimum absolute atomic E-state index is 0.128. The van der Waals surface area contributed by atoms with E-state index < -0.39 is 10.2 Å².